The van der Waals surface area contributed by atoms with Crippen molar-refractivity contribution in [3.63, 3.8) is 0 Å². The van der Waals surface area contributed by atoms with E-state index in [0.717, 1.165) is 47.3 Å². The number of aromatic nitrogens is 1. The molecule has 104 valence electrons. The summed E-state index contributed by atoms with van der Waals surface area (Å²) in [6.07, 6.45) is 0. The van der Waals surface area contributed by atoms with Crippen LogP contribution in [0.3, 0.4) is 0 Å². The number of likely N-dealkylation sites (N-methyl/N-ethyl adjacent to an activating group) is 1. The molecule has 2 aromatic rings. The van der Waals surface area contributed by atoms with E-state index >= 15 is 0 Å². The van der Waals surface area contributed by atoms with Crippen molar-refractivity contribution in [3.8, 4) is 0 Å². The van der Waals surface area contributed by atoms with Crippen molar-refractivity contribution >= 4 is 32.4 Å². The Bertz CT molecular complexity index is 528. The topological polar surface area (TPSA) is 63.4 Å². The second kappa shape index (κ2) is 6.70. The second-order valence-corrected chi connectivity index (χ2v) is 5.50. The number of nitrogens with two attached hydrogens (primary N) is 1. The summed E-state index contributed by atoms with van der Waals surface area (Å²) in [5.41, 5.74) is 7.53. The van der Waals surface area contributed by atoms with Gasteiger partial charge in [-0.2, -0.15) is 0 Å². The van der Waals surface area contributed by atoms with Crippen molar-refractivity contribution in [1.29, 1.82) is 0 Å². The first-order chi connectivity index (χ1) is 9.19. The first-order valence-corrected chi connectivity index (χ1v) is 7.08. The minimum absolute atomic E-state index is 0.761. The lowest BCUT2D eigenvalue weighted by Crippen LogP contribution is -2.28. The number of nitrogens with one attached hydrogen (secondary N) is 1. The van der Waals surface area contributed by atoms with Crippen LogP contribution in [0.1, 0.15) is 0 Å². The Balaban J connectivity index is 1.84. The summed E-state index contributed by atoms with van der Waals surface area (Å²) in [4.78, 5) is 6.75. The number of anilines is 2. The Morgan fingerprint density at radius 2 is 2.26 bits per heavy atom. The molecule has 1 heterocycles. The zero-order chi connectivity index (χ0) is 13.7. The van der Waals surface area contributed by atoms with E-state index in [4.69, 9.17) is 10.5 Å². The summed E-state index contributed by atoms with van der Waals surface area (Å²) in [7, 11) is 3.80. The third-order valence-electron chi connectivity index (χ3n) is 2.86. The summed E-state index contributed by atoms with van der Waals surface area (Å²) >= 11 is 1.64. The van der Waals surface area contributed by atoms with Crippen molar-refractivity contribution in [2.75, 3.05) is 51.4 Å². The number of thiazole rings is 1. The van der Waals surface area contributed by atoms with Crippen LogP contribution < -0.4 is 11.1 Å². The quantitative estimate of drug-likeness (QED) is 0.758. The van der Waals surface area contributed by atoms with E-state index < -0.39 is 0 Å². The number of benzene rings is 1. The van der Waals surface area contributed by atoms with E-state index in [0.29, 0.717) is 0 Å². The van der Waals surface area contributed by atoms with Gasteiger partial charge in [0.1, 0.15) is 0 Å². The van der Waals surface area contributed by atoms with Crippen molar-refractivity contribution < 1.29 is 4.74 Å². The molecule has 0 aliphatic carbocycles. The van der Waals surface area contributed by atoms with Crippen molar-refractivity contribution in [2.45, 2.75) is 0 Å². The molecule has 0 fully saturated rings. The highest BCUT2D eigenvalue weighted by Gasteiger charge is 2.04. The van der Waals surface area contributed by atoms with Crippen LogP contribution in [0.25, 0.3) is 10.2 Å². The highest BCUT2D eigenvalue weighted by molar-refractivity contribution is 7.22. The molecule has 2 rings (SSSR count). The number of fused-ring (bicyclic) bond motifs is 1. The first kappa shape index (κ1) is 14.0. The number of rotatable bonds is 7. The standard InChI is InChI=1S/C13H20N4OS/c1-17(7-8-18-2)6-5-15-13-16-11-4-3-10(14)9-12(11)19-13/h3-4,9H,5-8,14H2,1-2H3,(H,15,16). The number of methoxy groups -OCH3 is 1. The Kier molecular flexibility index (Phi) is 4.95. The summed E-state index contributed by atoms with van der Waals surface area (Å²) in [6, 6.07) is 5.80. The van der Waals surface area contributed by atoms with E-state index in [1.165, 1.54) is 0 Å². The van der Waals surface area contributed by atoms with Gasteiger partial charge in [-0.15, -0.1) is 0 Å². The van der Waals surface area contributed by atoms with Gasteiger partial charge >= 0.3 is 0 Å². The van der Waals surface area contributed by atoms with Crippen LogP contribution in [0.5, 0.6) is 0 Å². The van der Waals surface area contributed by atoms with E-state index in [1.54, 1.807) is 18.4 Å². The molecule has 0 atom stereocenters. The maximum Gasteiger partial charge on any atom is 0.183 e. The molecule has 0 unspecified atom stereocenters. The monoisotopic (exact) mass is 280 g/mol. The summed E-state index contributed by atoms with van der Waals surface area (Å²) in [6.45, 7) is 3.53. The number of hydrogen-bond donors (Lipinski definition) is 2. The lowest BCUT2D eigenvalue weighted by atomic mass is 10.3. The number of hydrogen-bond acceptors (Lipinski definition) is 6. The number of nitrogens with zero attached hydrogens (tertiary/aromatic N) is 2. The molecule has 1 aromatic heterocycles. The predicted molar refractivity (Wildman–Crippen MR) is 81.9 cm³/mol. The predicted octanol–water partition coefficient (Wildman–Crippen LogP) is 1.87. The molecule has 0 saturated carbocycles. The van der Waals surface area contributed by atoms with Crippen molar-refractivity contribution in [2.24, 2.45) is 0 Å². The van der Waals surface area contributed by atoms with E-state index in [-0.39, 0.29) is 0 Å². The normalized spacial score (nSPS) is 11.3. The first-order valence-electron chi connectivity index (χ1n) is 6.26. The number of nitrogen functional groups attached to an aromatic ring is 1. The molecule has 0 amide bonds. The Hall–Kier alpha value is -1.37. The van der Waals surface area contributed by atoms with Gasteiger partial charge in [-0.1, -0.05) is 11.3 Å². The molecule has 3 N–H and O–H groups in total. The summed E-state index contributed by atoms with van der Waals surface area (Å²) < 4.78 is 6.16. The van der Waals surface area contributed by atoms with Gasteiger partial charge in [0.15, 0.2) is 5.13 Å². The molecule has 0 radical (unpaired) electrons. The molecular formula is C13H20N4OS. The Labute approximate surface area is 117 Å². The molecule has 0 spiro atoms. The molecule has 6 heteroatoms. The van der Waals surface area contributed by atoms with Gasteiger partial charge in [0.05, 0.1) is 16.8 Å². The minimum atomic E-state index is 0.761. The molecule has 0 aliphatic rings. The summed E-state index contributed by atoms with van der Waals surface area (Å²) in [5.74, 6) is 0. The SMILES string of the molecule is COCCN(C)CCNc1nc2ccc(N)cc2s1. The van der Waals surface area contributed by atoms with Gasteiger partial charge in [-0.3, -0.25) is 0 Å². The maximum atomic E-state index is 5.76. The molecule has 5 nitrogen and oxygen atoms in total. The van der Waals surface area contributed by atoms with Crippen LogP contribution in [0.2, 0.25) is 0 Å². The molecule has 0 bridgehead atoms. The van der Waals surface area contributed by atoms with Crippen LogP contribution in [-0.4, -0.2) is 50.3 Å². The smallest absolute Gasteiger partial charge is 0.183 e. The van der Waals surface area contributed by atoms with Crippen molar-refractivity contribution in [3.05, 3.63) is 18.2 Å². The third-order valence-corrected chi connectivity index (χ3v) is 3.84. The highest BCUT2D eigenvalue weighted by Crippen LogP contribution is 2.27. The lowest BCUT2D eigenvalue weighted by molar-refractivity contribution is 0.163. The van der Waals surface area contributed by atoms with Crippen molar-refractivity contribution in [1.82, 2.24) is 9.88 Å². The zero-order valence-electron chi connectivity index (χ0n) is 11.3. The summed E-state index contributed by atoms with van der Waals surface area (Å²) in [5, 5.41) is 4.29. The van der Waals surface area contributed by atoms with Crippen LogP contribution in [0.15, 0.2) is 18.2 Å². The number of ether oxygens (including phenoxy) is 1. The average Bonchev–Trinajstić information content (AvgIpc) is 2.78. The van der Waals surface area contributed by atoms with E-state index in [1.807, 2.05) is 18.2 Å². The van der Waals surface area contributed by atoms with Gasteiger partial charge in [0, 0.05) is 32.4 Å². The molecule has 1 aromatic carbocycles. The largest absolute Gasteiger partial charge is 0.399 e. The fraction of sp³-hybridized carbons (Fsp3) is 0.462. The van der Waals surface area contributed by atoms with Crippen LogP contribution in [0, 0.1) is 0 Å². The lowest BCUT2D eigenvalue weighted by Gasteiger charge is -2.15. The molecular weight excluding hydrogens is 260 g/mol. The zero-order valence-corrected chi connectivity index (χ0v) is 12.2. The highest BCUT2D eigenvalue weighted by atomic mass is 32.1. The van der Waals surface area contributed by atoms with Gasteiger partial charge in [-0.05, 0) is 25.2 Å². The fourth-order valence-electron chi connectivity index (χ4n) is 1.73. The van der Waals surface area contributed by atoms with Gasteiger partial charge in [0.25, 0.3) is 0 Å². The third kappa shape index (κ3) is 4.05. The fourth-order valence-corrected chi connectivity index (χ4v) is 2.67. The van der Waals surface area contributed by atoms with Gasteiger partial charge in [-0.25, -0.2) is 4.98 Å². The van der Waals surface area contributed by atoms with Crippen LogP contribution in [0.4, 0.5) is 10.8 Å². The Morgan fingerprint density at radius 1 is 1.42 bits per heavy atom. The molecule has 0 saturated heterocycles. The van der Waals surface area contributed by atoms with Crippen LogP contribution in [-0.2, 0) is 4.74 Å². The second-order valence-electron chi connectivity index (χ2n) is 4.47. The Morgan fingerprint density at radius 3 is 3.05 bits per heavy atom. The molecule has 0 aliphatic heterocycles. The van der Waals surface area contributed by atoms with Gasteiger partial charge < -0.3 is 20.7 Å². The van der Waals surface area contributed by atoms with Gasteiger partial charge in [0.2, 0.25) is 0 Å². The molecule has 19 heavy (non-hydrogen) atoms. The van der Waals surface area contributed by atoms with E-state index in [9.17, 15) is 0 Å². The van der Waals surface area contributed by atoms with Crippen LogP contribution >= 0.6 is 11.3 Å². The maximum absolute atomic E-state index is 5.76. The van der Waals surface area contributed by atoms with E-state index in [2.05, 4.69) is 22.2 Å². The average molecular weight is 280 g/mol. The minimum Gasteiger partial charge on any atom is -0.399 e.